The summed E-state index contributed by atoms with van der Waals surface area (Å²) in [7, 11) is 0. The van der Waals surface area contributed by atoms with E-state index in [9.17, 15) is 14.5 Å². The van der Waals surface area contributed by atoms with E-state index < -0.39 is 10.7 Å². The number of rotatable bonds is 5. The molecule has 1 unspecified atom stereocenters. The average molecular weight is 362 g/mol. The molecule has 8 heteroatoms. The topological polar surface area (TPSA) is 67.6 Å². The van der Waals surface area contributed by atoms with E-state index in [0.717, 1.165) is 25.7 Å². The Labute approximate surface area is 130 Å². The second-order valence-electron chi connectivity index (χ2n) is 5.00. The first-order chi connectivity index (χ1) is 9.97. The van der Waals surface area contributed by atoms with Crippen molar-refractivity contribution in [1.82, 2.24) is 4.90 Å². The van der Waals surface area contributed by atoms with Gasteiger partial charge in [0, 0.05) is 25.7 Å². The van der Waals surface area contributed by atoms with Gasteiger partial charge in [0.25, 0.3) is 5.69 Å². The standard InChI is InChI=1S/C13H17BrFN3O3/c1-9(8-17-2-4-21-5-3-17)16-12-6-10(14)11(15)7-13(12)18(19)20/h6-7,9,16H,2-5,8H2,1H3. The highest BCUT2D eigenvalue weighted by atomic mass is 79.9. The minimum atomic E-state index is -0.645. The Morgan fingerprint density at radius 1 is 1.52 bits per heavy atom. The molecule has 0 radical (unpaired) electrons. The molecule has 1 aromatic rings. The molecule has 21 heavy (non-hydrogen) atoms. The molecular formula is C13H17BrFN3O3. The molecule has 1 aliphatic rings. The van der Waals surface area contributed by atoms with E-state index >= 15 is 0 Å². The largest absolute Gasteiger partial charge is 0.379 e. The maximum Gasteiger partial charge on any atom is 0.295 e. The van der Waals surface area contributed by atoms with Gasteiger partial charge in [0.15, 0.2) is 0 Å². The van der Waals surface area contributed by atoms with Gasteiger partial charge in [0.05, 0.1) is 28.7 Å². The zero-order valence-electron chi connectivity index (χ0n) is 11.6. The summed E-state index contributed by atoms with van der Waals surface area (Å²) >= 11 is 3.05. The first kappa shape index (κ1) is 16.1. The van der Waals surface area contributed by atoms with Crippen LogP contribution in [0.3, 0.4) is 0 Å². The third kappa shape index (κ3) is 4.36. The molecule has 1 atom stereocenters. The van der Waals surface area contributed by atoms with Gasteiger partial charge in [-0.05, 0) is 28.9 Å². The molecule has 0 aromatic heterocycles. The number of benzene rings is 1. The van der Waals surface area contributed by atoms with E-state index in [1.807, 2.05) is 6.92 Å². The molecule has 1 N–H and O–H groups in total. The molecule has 0 saturated carbocycles. The summed E-state index contributed by atoms with van der Waals surface area (Å²) in [6, 6.07) is 2.33. The molecule has 1 aromatic carbocycles. The number of morpholine rings is 1. The fraction of sp³-hybridized carbons (Fsp3) is 0.538. The van der Waals surface area contributed by atoms with Crippen molar-refractivity contribution in [1.29, 1.82) is 0 Å². The van der Waals surface area contributed by atoms with Gasteiger partial charge in [-0.2, -0.15) is 0 Å². The first-order valence-corrected chi connectivity index (χ1v) is 7.46. The van der Waals surface area contributed by atoms with Crippen molar-refractivity contribution in [3.8, 4) is 0 Å². The van der Waals surface area contributed by atoms with E-state index in [1.54, 1.807) is 0 Å². The highest BCUT2D eigenvalue weighted by Gasteiger charge is 2.20. The van der Waals surface area contributed by atoms with Crippen molar-refractivity contribution in [3.63, 3.8) is 0 Å². The fourth-order valence-electron chi connectivity index (χ4n) is 2.29. The third-order valence-corrected chi connectivity index (χ3v) is 3.88. The van der Waals surface area contributed by atoms with Crippen LogP contribution in [0.2, 0.25) is 0 Å². The molecule has 0 amide bonds. The summed E-state index contributed by atoms with van der Waals surface area (Å²) in [5.74, 6) is -0.645. The molecule has 116 valence electrons. The van der Waals surface area contributed by atoms with E-state index in [1.165, 1.54) is 6.07 Å². The van der Waals surface area contributed by atoms with Crippen molar-refractivity contribution < 1.29 is 14.1 Å². The van der Waals surface area contributed by atoms with Crippen LogP contribution < -0.4 is 5.32 Å². The SMILES string of the molecule is CC(CN1CCOCC1)Nc1cc(Br)c(F)cc1[N+](=O)[O-]. The number of nitrogens with zero attached hydrogens (tertiary/aromatic N) is 2. The minimum Gasteiger partial charge on any atom is -0.379 e. The van der Waals surface area contributed by atoms with Crippen LogP contribution in [-0.2, 0) is 4.74 Å². The lowest BCUT2D eigenvalue weighted by molar-refractivity contribution is -0.384. The van der Waals surface area contributed by atoms with Crippen LogP contribution in [0, 0.1) is 15.9 Å². The summed E-state index contributed by atoms with van der Waals surface area (Å²) in [5.41, 5.74) is 0.0542. The quantitative estimate of drug-likeness (QED) is 0.644. The predicted octanol–water partition coefficient (Wildman–Crippen LogP) is 2.63. The number of halogens is 2. The smallest absolute Gasteiger partial charge is 0.295 e. The van der Waals surface area contributed by atoms with Crippen molar-refractivity contribution >= 4 is 27.3 Å². The van der Waals surface area contributed by atoms with Gasteiger partial charge in [-0.3, -0.25) is 15.0 Å². The van der Waals surface area contributed by atoms with Gasteiger partial charge >= 0.3 is 0 Å². The number of nitro groups is 1. The molecule has 0 aliphatic carbocycles. The molecule has 1 heterocycles. The Hall–Kier alpha value is -1.25. The molecule has 1 fully saturated rings. The maximum absolute atomic E-state index is 13.4. The highest BCUT2D eigenvalue weighted by molar-refractivity contribution is 9.10. The van der Waals surface area contributed by atoms with Crippen LogP contribution in [0.25, 0.3) is 0 Å². The number of hydrogen-bond donors (Lipinski definition) is 1. The van der Waals surface area contributed by atoms with E-state index in [2.05, 4.69) is 26.1 Å². The normalized spacial score (nSPS) is 17.5. The molecule has 2 rings (SSSR count). The van der Waals surface area contributed by atoms with Crippen LogP contribution >= 0.6 is 15.9 Å². The zero-order chi connectivity index (χ0) is 15.4. The minimum absolute atomic E-state index is 0.000777. The van der Waals surface area contributed by atoms with Crippen LogP contribution in [0.1, 0.15) is 6.92 Å². The summed E-state index contributed by atoms with van der Waals surface area (Å²) in [4.78, 5) is 12.7. The lowest BCUT2D eigenvalue weighted by atomic mass is 10.2. The Morgan fingerprint density at radius 3 is 2.81 bits per heavy atom. The number of nitro benzene ring substituents is 1. The molecule has 6 nitrogen and oxygen atoms in total. The van der Waals surface area contributed by atoms with Gasteiger partial charge < -0.3 is 10.1 Å². The Morgan fingerprint density at radius 2 is 2.19 bits per heavy atom. The van der Waals surface area contributed by atoms with Crippen LogP contribution in [-0.4, -0.2) is 48.7 Å². The molecule has 1 aliphatic heterocycles. The van der Waals surface area contributed by atoms with E-state index in [-0.39, 0.29) is 16.2 Å². The van der Waals surface area contributed by atoms with Gasteiger partial charge in [-0.15, -0.1) is 0 Å². The summed E-state index contributed by atoms with van der Waals surface area (Å²) in [6.45, 7) is 5.79. The average Bonchev–Trinajstić information content (AvgIpc) is 2.43. The van der Waals surface area contributed by atoms with Crippen LogP contribution in [0.15, 0.2) is 16.6 Å². The van der Waals surface area contributed by atoms with Gasteiger partial charge in [-0.1, -0.05) is 0 Å². The zero-order valence-corrected chi connectivity index (χ0v) is 13.2. The second-order valence-corrected chi connectivity index (χ2v) is 5.85. The maximum atomic E-state index is 13.4. The van der Waals surface area contributed by atoms with Crippen molar-refractivity contribution in [2.75, 3.05) is 38.2 Å². The summed E-state index contributed by atoms with van der Waals surface area (Å²) in [6.07, 6.45) is 0. The number of anilines is 1. The molecular weight excluding hydrogens is 345 g/mol. The summed E-state index contributed by atoms with van der Waals surface area (Å²) in [5, 5.41) is 14.1. The third-order valence-electron chi connectivity index (χ3n) is 3.27. The lowest BCUT2D eigenvalue weighted by Crippen LogP contribution is -2.42. The number of ether oxygens (including phenoxy) is 1. The molecule has 0 spiro atoms. The first-order valence-electron chi connectivity index (χ1n) is 6.67. The Bertz CT molecular complexity index is 524. The summed E-state index contributed by atoms with van der Waals surface area (Å²) < 4.78 is 18.9. The van der Waals surface area contributed by atoms with Gasteiger partial charge in [0.1, 0.15) is 11.5 Å². The lowest BCUT2D eigenvalue weighted by Gasteiger charge is -2.29. The monoisotopic (exact) mass is 361 g/mol. The Balaban J connectivity index is 2.07. The van der Waals surface area contributed by atoms with Crippen molar-refractivity contribution in [2.24, 2.45) is 0 Å². The van der Waals surface area contributed by atoms with Crippen LogP contribution in [0.4, 0.5) is 15.8 Å². The molecule has 1 saturated heterocycles. The van der Waals surface area contributed by atoms with Crippen molar-refractivity contribution in [3.05, 3.63) is 32.5 Å². The van der Waals surface area contributed by atoms with E-state index in [4.69, 9.17) is 4.74 Å². The molecule has 0 bridgehead atoms. The van der Waals surface area contributed by atoms with E-state index in [0.29, 0.717) is 18.9 Å². The van der Waals surface area contributed by atoms with Gasteiger partial charge in [0.2, 0.25) is 0 Å². The predicted molar refractivity (Wildman–Crippen MR) is 81.1 cm³/mol. The van der Waals surface area contributed by atoms with Gasteiger partial charge in [-0.25, -0.2) is 4.39 Å². The number of hydrogen-bond acceptors (Lipinski definition) is 5. The van der Waals surface area contributed by atoms with Crippen molar-refractivity contribution in [2.45, 2.75) is 13.0 Å². The van der Waals surface area contributed by atoms with Crippen LogP contribution in [0.5, 0.6) is 0 Å². The number of nitrogens with one attached hydrogen (secondary N) is 1. The highest BCUT2D eigenvalue weighted by Crippen LogP contribution is 2.31. The Kier molecular flexibility index (Phi) is 5.49. The second kappa shape index (κ2) is 7.15. The fourth-order valence-corrected chi connectivity index (χ4v) is 2.63.